The van der Waals surface area contributed by atoms with Crippen molar-refractivity contribution in [2.75, 3.05) is 11.1 Å². The average molecular weight is 475 g/mol. The highest BCUT2D eigenvalue weighted by molar-refractivity contribution is 7.99. The number of aryl methyl sites for hydroxylation is 1. The molecule has 0 aliphatic heterocycles. The van der Waals surface area contributed by atoms with Crippen LogP contribution in [0.4, 0.5) is 5.13 Å². The fourth-order valence-electron chi connectivity index (χ4n) is 2.82. The number of thiazole rings is 1. The highest BCUT2D eigenvalue weighted by atomic mass is 32.2. The van der Waals surface area contributed by atoms with Crippen LogP contribution in [0, 0.1) is 0 Å². The molecule has 32 heavy (non-hydrogen) atoms. The van der Waals surface area contributed by atoms with Crippen molar-refractivity contribution in [1.82, 2.24) is 25.1 Å². The van der Waals surface area contributed by atoms with E-state index in [2.05, 4.69) is 32.7 Å². The summed E-state index contributed by atoms with van der Waals surface area (Å²) in [6, 6.07) is 7.70. The van der Waals surface area contributed by atoms with E-state index in [0.717, 1.165) is 6.42 Å². The molecule has 0 saturated carbocycles. The monoisotopic (exact) mass is 474 g/mol. The Morgan fingerprint density at radius 3 is 2.66 bits per heavy atom. The van der Waals surface area contributed by atoms with Crippen LogP contribution in [-0.2, 0) is 29.1 Å². The molecule has 9 nitrogen and oxygen atoms in total. The molecule has 0 bridgehead atoms. The first-order chi connectivity index (χ1) is 15.5. The number of carbonyl (C=O) groups excluding carboxylic acids is 2. The molecule has 0 spiro atoms. The summed E-state index contributed by atoms with van der Waals surface area (Å²) in [6.45, 7) is 6.58. The molecule has 1 aromatic carbocycles. The van der Waals surface area contributed by atoms with Crippen LogP contribution in [0.5, 0.6) is 5.75 Å². The van der Waals surface area contributed by atoms with Crippen molar-refractivity contribution in [3.63, 3.8) is 0 Å². The van der Waals surface area contributed by atoms with Gasteiger partial charge in [0.2, 0.25) is 5.91 Å². The number of amides is 2. The van der Waals surface area contributed by atoms with E-state index < -0.39 is 6.10 Å². The Balaban J connectivity index is 1.50. The lowest BCUT2D eigenvalue weighted by atomic mass is 10.2. The number of ether oxygens (including phenoxy) is 1. The van der Waals surface area contributed by atoms with Gasteiger partial charge in [0.1, 0.15) is 5.75 Å². The lowest BCUT2D eigenvalue weighted by molar-refractivity contribution is -0.127. The molecule has 2 amide bonds. The van der Waals surface area contributed by atoms with Crippen molar-refractivity contribution in [2.45, 2.75) is 51.5 Å². The molecule has 2 aromatic heterocycles. The van der Waals surface area contributed by atoms with Gasteiger partial charge in [-0.2, -0.15) is 0 Å². The molecular formula is C21H26N6O3S2. The van der Waals surface area contributed by atoms with E-state index in [4.69, 9.17) is 4.74 Å². The Morgan fingerprint density at radius 1 is 1.22 bits per heavy atom. The van der Waals surface area contributed by atoms with Crippen LogP contribution < -0.4 is 15.4 Å². The smallest absolute Gasteiger partial charge is 0.261 e. The van der Waals surface area contributed by atoms with Gasteiger partial charge in [0.25, 0.3) is 5.91 Å². The van der Waals surface area contributed by atoms with Crippen LogP contribution in [-0.4, -0.2) is 43.4 Å². The van der Waals surface area contributed by atoms with Gasteiger partial charge in [-0.3, -0.25) is 9.59 Å². The van der Waals surface area contributed by atoms with E-state index in [1.807, 2.05) is 35.8 Å². The number of nitrogens with zero attached hydrogens (tertiary/aromatic N) is 4. The molecule has 11 heteroatoms. The zero-order valence-electron chi connectivity index (χ0n) is 18.2. The molecule has 0 radical (unpaired) electrons. The quantitative estimate of drug-likeness (QED) is 0.411. The largest absolute Gasteiger partial charge is 0.481 e. The van der Waals surface area contributed by atoms with Gasteiger partial charge in [-0.05, 0) is 38.0 Å². The second-order valence-electron chi connectivity index (χ2n) is 6.79. The molecule has 0 saturated heterocycles. The van der Waals surface area contributed by atoms with Gasteiger partial charge in [0.15, 0.2) is 22.2 Å². The standard InChI is InChI=1S/C21H26N6O3S2/c1-4-15-6-8-16(9-7-15)30-14(3)19(29)23-12-17-25-26-21(27(17)5-2)32-13-18(28)24-20-22-10-11-31-20/h6-11,14H,4-5,12-13H2,1-3H3,(H,23,29)(H,22,24,28)/t14-/m0/s1. The van der Waals surface area contributed by atoms with Crippen molar-refractivity contribution in [1.29, 1.82) is 0 Å². The molecule has 3 rings (SSSR count). The maximum atomic E-state index is 12.5. The highest BCUT2D eigenvalue weighted by Gasteiger charge is 2.18. The summed E-state index contributed by atoms with van der Waals surface area (Å²) in [5.74, 6) is 1.04. The predicted octanol–water partition coefficient (Wildman–Crippen LogP) is 3.13. The first kappa shape index (κ1) is 23.7. The molecule has 170 valence electrons. The minimum Gasteiger partial charge on any atom is -0.481 e. The van der Waals surface area contributed by atoms with Gasteiger partial charge in [-0.1, -0.05) is 30.8 Å². The van der Waals surface area contributed by atoms with E-state index in [9.17, 15) is 9.59 Å². The third kappa shape index (κ3) is 6.54. The van der Waals surface area contributed by atoms with Crippen molar-refractivity contribution >= 4 is 40.0 Å². The van der Waals surface area contributed by atoms with Crippen LogP contribution in [0.3, 0.4) is 0 Å². The first-order valence-corrected chi connectivity index (χ1v) is 12.1. The molecule has 0 aliphatic rings. The number of benzene rings is 1. The van der Waals surface area contributed by atoms with Crippen LogP contribution in [0.2, 0.25) is 0 Å². The number of aromatic nitrogens is 4. The van der Waals surface area contributed by atoms with Gasteiger partial charge in [0, 0.05) is 18.1 Å². The fourth-order valence-corrected chi connectivity index (χ4v) is 4.18. The second-order valence-corrected chi connectivity index (χ2v) is 8.63. The molecule has 3 aromatic rings. The van der Waals surface area contributed by atoms with Gasteiger partial charge in [0.05, 0.1) is 12.3 Å². The molecular weight excluding hydrogens is 448 g/mol. The number of carbonyl (C=O) groups is 2. The topological polar surface area (TPSA) is 111 Å². The van der Waals surface area contributed by atoms with Gasteiger partial charge < -0.3 is 19.9 Å². The zero-order chi connectivity index (χ0) is 22.9. The molecule has 0 fully saturated rings. The van der Waals surface area contributed by atoms with E-state index in [1.54, 1.807) is 18.5 Å². The number of nitrogens with one attached hydrogen (secondary N) is 2. The lowest BCUT2D eigenvalue weighted by Gasteiger charge is -2.15. The SMILES string of the molecule is CCc1ccc(O[C@@H](C)C(=O)NCc2nnc(SCC(=O)Nc3nccs3)n2CC)cc1. The van der Waals surface area contributed by atoms with Crippen molar-refractivity contribution < 1.29 is 14.3 Å². The third-order valence-corrected chi connectivity index (χ3v) is 6.21. The molecule has 2 N–H and O–H groups in total. The maximum absolute atomic E-state index is 12.5. The summed E-state index contributed by atoms with van der Waals surface area (Å²) in [6.07, 6.45) is 1.94. The van der Waals surface area contributed by atoms with Crippen LogP contribution >= 0.6 is 23.1 Å². The van der Waals surface area contributed by atoms with Gasteiger partial charge in [-0.15, -0.1) is 21.5 Å². The fraction of sp³-hybridized carbons (Fsp3) is 0.381. The Kier molecular flexibility index (Phi) is 8.63. The lowest BCUT2D eigenvalue weighted by Crippen LogP contribution is -2.36. The molecule has 0 unspecified atom stereocenters. The summed E-state index contributed by atoms with van der Waals surface area (Å²) in [7, 11) is 0. The van der Waals surface area contributed by atoms with Crippen LogP contribution in [0.25, 0.3) is 0 Å². The molecule has 1 atom stereocenters. The maximum Gasteiger partial charge on any atom is 0.261 e. The summed E-state index contributed by atoms with van der Waals surface area (Å²) >= 11 is 2.65. The normalized spacial score (nSPS) is 11.7. The van der Waals surface area contributed by atoms with Crippen molar-refractivity contribution in [3.8, 4) is 5.75 Å². The summed E-state index contributed by atoms with van der Waals surface area (Å²) < 4.78 is 7.60. The number of hydrogen-bond donors (Lipinski definition) is 2. The number of anilines is 1. The average Bonchev–Trinajstić information content (AvgIpc) is 3.45. The zero-order valence-corrected chi connectivity index (χ0v) is 19.8. The summed E-state index contributed by atoms with van der Waals surface area (Å²) in [4.78, 5) is 28.6. The Hall–Kier alpha value is -2.92. The number of thioether (sulfide) groups is 1. The Morgan fingerprint density at radius 2 is 2.00 bits per heavy atom. The minimum atomic E-state index is -0.649. The molecule has 2 heterocycles. The van der Waals surface area contributed by atoms with Crippen LogP contribution in [0.1, 0.15) is 32.2 Å². The van der Waals surface area contributed by atoms with Gasteiger partial charge >= 0.3 is 0 Å². The highest BCUT2D eigenvalue weighted by Crippen LogP contribution is 2.19. The van der Waals surface area contributed by atoms with Crippen LogP contribution in [0.15, 0.2) is 41.0 Å². The van der Waals surface area contributed by atoms with E-state index in [1.165, 1.54) is 28.7 Å². The Bertz CT molecular complexity index is 1020. The third-order valence-electron chi connectivity index (χ3n) is 4.56. The number of hydrogen-bond acceptors (Lipinski definition) is 8. The summed E-state index contributed by atoms with van der Waals surface area (Å²) in [5, 5.41) is 16.9. The van der Waals surface area contributed by atoms with E-state index in [0.29, 0.717) is 28.4 Å². The first-order valence-electron chi connectivity index (χ1n) is 10.3. The van der Waals surface area contributed by atoms with E-state index in [-0.39, 0.29) is 24.1 Å². The minimum absolute atomic E-state index is 0.164. The number of rotatable bonds is 11. The van der Waals surface area contributed by atoms with Gasteiger partial charge in [-0.25, -0.2) is 4.98 Å². The van der Waals surface area contributed by atoms with Crippen molar-refractivity contribution in [3.05, 3.63) is 47.2 Å². The molecule has 0 aliphatic carbocycles. The second kappa shape index (κ2) is 11.6. The van der Waals surface area contributed by atoms with E-state index >= 15 is 0 Å². The predicted molar refractivity (Wildman–Crippen MR) is 125 cm³/mol. The Labute approximate surface area is 195 Å². The summed E-state index contributed by atoms with van der Waals surface area (Å²) in [5.41, 5.74) is 1.21. The van der Waals surface area contributed by atoms with Crippen molar-refractivity contribution in [2.24, 2.45) is 0 Å².